The van der Waals surface area contributed by atoms with E-state index < -0.39 is 0 Å². The molecule has 0 unspecified atom stereocenters. The molecule has 0 bridgehead atoms. The zero-order chi connectivity index (χ0) is 27.4. The highest BCUT2D eigenvalue weighted by Crippen LogP contribution is 2.30. The molecule has 0 amide bonds. The van der Waals surface area contributed by atoms with Gasteiger partial charge in [0.25, 0.3) is 0 Å². The highest BCUT2D eigenvalue weighted by molar-refractivity contribution is 5.94. The second-order valence-electron chi connectivity index (χ2n) is 10.5. The number of benzene rings is 4. The van der Waals surface area contributed by atoms with Crippen molar-refractivity contribution in [2.24, 2.45) is 0 Å². The largest absolute Gasteiger partial charge is 0.379 e. The molecule has 204 valence electrons. The lowest BCUT2D eigenvalue weighted by molar-refractivity contribution is 0.0375. The summed E-state index contributed by atoms with van der Waals surface area (Å²) in [6.45, 7) is 4.81. The first-order valence-corrected chi connectivity index (χ1v) is 14.3. The van der Waals surface area contributed by atoms with E-state index in [1.54, 1.807) is 0 Å². The van der Waals surface area contributed by atoms with Gasteiger partial charge in [0.05, 0.1) is 30.4 Å². The zero-order valence-corrected chi connectivity index (χ0v) is 22.9. The van der Waals surface area contributed by atoms with E-state index in [0.717, 1.165) is 84.6 Å². The quantitative estimate of drug-likeness (QED) is 0.220. The number of rotatable bonds is 8. The molecule has 7 rings (SSSR count). The van der Waals surface area contributed by atoms with Crippen molar-refractivity contribution in [3.05, 3.63) is 103 Å². The molecule has 4 aromatic carbocycles. The van der Waals surface area contributed by atoms with Crippen molar-refractivity contribution in [2.75, 3.05) is 38.2 Å². The van der Waals surface area contributed by atoms with Gasteiger partial charge in [-0.3, -0.25) is 10.00 Å². The van der Waals surface area contributed by atoms with Gasteiger partial charge in [-0.1, -0.05) is 60.7 Å². The molecule has 1 aliphatic rings. The topological polar surface area (TPSA) is 79.0 Å². The Bertz CT molecular complexity index is 1780. The van der Waals surface area contributed by atoms with Crippen molar-refractivity contribution in [2.45, 2.75) is 12.8 Å². The summed E-state index contributed by atoms with van der Waals surface area (Å²) in [5.41, 5.74) is 7.52. The second kappa shape index (κ2) is 11.5. The molecule has 2 N–H and O–H groups in total. The first-order chi connectivity index (χ1) is 20.3. The fourth-order valence-electron chi connectivity index (χ4n) is 5.49. The van der Waals surface area contributed by atoms with Crippen molar-refractivity contribution in [1.29, 1.82) is 0 Å². The number of aryl methyl sites for hydroxylation is 1. The number of morpholine rings is 1. The van der Waals surface area contributed by atoms with Gasteiger partial charge in [-0.05, 0) is 66.4 Å². The normalized spacial score (nSPS) is 14.0. The predicted octanol–water partition coefficient (Wildman–Crippen LogP) is 6.85. The Hall–Kier alpha value is -4.59. The monoisotopic (exact) mass is 540 g/mol. The van der Waals surface area contributed by atoms with Crippen molar-refractivity contribution in [3.8, 4) is 22.5 Å². The fraction of sp³-hybridized carbons (Fsp3) is 0.206. The molecule has 3 heterocycles. The minimum absolute atomic E-state index is 0.698. The van der Waals surface area contributed by atoms with Crippen molar-refractivity contribution in [1.82, 2.24) is 25.1 Å². The lowest BCUT2D eigenvalue weighted by Gasteiger charge is -2.26. The number of hydrogen-bond acceptors (Lipinski definition) is 6. The van der Waals surface area contributed by atoms with Crippen molar-refractivity contribution < 1.29 is 4.74 Å². The number of anilines is 2. The summed E-state index contributed by atoms with van der Waals surface area (Å²) in [4.78, 5) is 12.6. The molecule has 7 nitrogen and oxygen atoms in total. The molecule has 1 aliphatic heterocycles. The number of H-pyrrole nitrogens is 1. The summed E-state index contributed by atoms with van der Waals surface area (Å²) in [5, 5.41) is 12.9. The van der Waals surface area contributed by atoms with Gasteiger partial charge in [-0.25, -0.2) is 9.97 Å². The molecular weight excluding hydrogens is 508 g/mol. The molecule has 0 atom stereocenters. The van der Waals surface area contributed by atoms with Crippen LogP contribution < -0.4 is 5.32 Å². The Morgan fingerprint density at radius 3 is 2.46 bits per heavy atom. The molecule has 0 aliphatic carbocycles. The Kier molecular flexibility index (Phi) is 7.11. The van der Waals surface area contributed by atoms with Crippen LogP contribution in [-0.4, -0.2) is 57.9 Å². The number of aromatic amines is 1. The van der Waals surface area contributed by atoms with Gasteiger partial charge in [0.15, 0.2) is 5.82 Å². The Morgan fingerprint density at radius 2 is 1.61 bits per heavy atom. The van der Waals surface area contributed by atoms with Gasteiger partial charge in [0.1, 0.15) is 5.82 Å². The summed E-state index contributed by atoms with van der Waals surface area (Å²) in [6, 6.07) is 31.6. The van der Waals surface area contributed by atoms with Gasteiger partial charge in [-0.15, -0.1) is 0 Å². The third-order valence-electron chi connectivity index (χ3n) is 7.76. The first kappa shape index (κ1) is 25.4. The lowest BCUT2D eigenvalue weighted by atomic mass is 10.0. The summed E-state index contributed by atoms with van der Waals surface area (Å²) in [6.07, 6.45) is 3.96. The maximum Gasteiger partial charge on any atom is 0.162 e. The molecule has 41 heavy (non-hydrogen) atoms. The Balaban J connectivity index is 1.21. The van der Waals surface area contributed by atoms with E-state index in [-0.39, 0.29) is 0 Å². The predicted molar refractivity (Wildman–Crippen MR) is 165 cm³/mol. The average Bonchev–Trinajstić information content (AvgIpc) is 3.50. The van der Waals surface area contributed by atoms with Crippen LogP contribution in [0.3, 0.4) is 0 Å². The molecule has 0 spiro atoms. The van der Waals surface area contributed by atoms with Crippen LogP contribution in [0.15, 0.2) is 97.2 Å². The summed E-state index contributed by atoms with van der Waals surface area (Å²) >= 11 is 0. The van der Waals surface area contributed by atoms with Crippen LogP contribution in [0.25, 0.3) is 44.3 Å². The maximum atomic E-state index is 5.49. The lowest BCUT2D eigenvalue weighted by Crippen LogP contribution is -2.36. The summed E-state index contributed by atoms with van der Waals surface area (Å²) in [7, 11) is 0. The smallest absolute Gasteiger partial charge is 0.162 e. The minimum atomic E-state index is 0.698. The first-order valence-electron chi connectivity index (χ1n) is 14.3. The average molecular weight is 541 g/mol. The molecule has 1 fully saturated rings. The van der Waals surface area contributed by atoms with E-state index >= 15 is 0 Å². The molecule has 0 radical (unpaired) electrons. The van der Waals surface area contributed by atoms with Crippen LogP contribution in [0.1, 0.15) is 12.0 Å². The van der Waals surface area contributed by atoms with Crippen LogP contribution in [0, 0.1) is 0 Å². The van der Waals surface area contributed by atoms with Gasteiger partial charge < -0.3 is 10.1 Å². The highest BCUT2D eigenvalue weighted by atomic mass is 16.5. The Morgan fingerprint density at radius 1 is 0.805 bits per heavy atom. The van der Waals surface area contributed by atoms with Gasteiger partial charge in [-0.2, -0.15) is 5.10 Å². The summed E-state index contributed by atoms with van der Waals surface area (Å²) in [5.74, 6) is 1.50. The maximum absolute atomic E-state index is 5.49. The van der Waals surface area contributed by atoms with Gasteiger partial charge in [0, 0.05) is 35.1 Å². The van der Waals surface area contributed by atoms with Gasteiger partial charge >= 0.3 is 0 Å². The molecule has 1 saturated heterocycles. The van der Waals surface area contributed by atoms with E-state index in [0.29, 0.717) is 5.82 Å². The van der Waals surface area contributed by atoms with E-state index in [9.17, 15) is 0 Å². The molecule has 0 saturated carbocycles. The van der Waals surface area contributed by atoms with E-state index in [4.69, 9.17) is 14.7 Å². The fourth-order valence-corrected chi connectivity index (χ4v) is 5.49. The van der Waals surface area contributed by atoms with Crippen LogP contribution >= 0.6 is 0 Å². The summed E-state index contributed by atoms with van der Waals surface area (Å²) < 4.78 is 5.49. The van der Waals surface area contributed by atoms with E-state index in [1.165, 1.54) is 16.7 Å². The number of nitrogens with one attached hydrogen (secondary N) is 2. The van der Waals surface area contributed by atoms with Crippen LogP contribution in [0.5, 0.6) is 0 Å². The number of hydrogen-bond donors (Lipinski definition) is 2. The number of aromatic nitrogens is 4. The molecule has 2 aromatic heterocycles. The second-order valence-corrected chi connectivity index (χ2v) is 10.5. The van der Waals surface area contributed by atoms with E-state index in [1.807, 2.05) is 18.3 Å². The number of ether oxygens (including phenoxy) is 1. The number of fused-ring (bicyclic) bond motifs is 2. The third-order valence-corrected chi connectivity index (χ3v) is 7.76. The molecule has 6 aromatic rings. The Labute approximate surface area is 239 Å². The molecular formula is C34H32N6O. The van der Waals surface area contributed by atoms with E-state index in [2.05, 4.69) is 99.3 Å². The number of nitrogens with zero attached hydrogens (tertiary/aromatic N) is 4. The minimum Gasteiger partial charge on any atom is -0.379 e. The third kappa shape index (κ3) is 5.68. The van der Waals surface area contributed by atoms with Crippen LogP contribution in [0.2, 0.25) is 0 Å². The van der Waals surface area contributed by atoms with Gasteiger partial charge in [0.2, 0.25) is 0 Å². The SMILES string of the molecule is c1ccc(-c2ccc(-c3nc(Nc4ccc5[nH]ncc5c4)c4cc(CCCN5CCOCC5)ccc4n3)cc2)cc1. The highest BCUT2D eigenvalue weighted by Gasteiger charge is 2.13. The van der Waals surface area contributed by atoms with Crippen molar-refractivity contribution in [3.63, 3.8) is 0 Å². The zero-order valence-electron chi connectivity index (χ0n) is 22.9. The standard InChI is InChI=1S/C34H32N6O/c1-2-6-25(7-3-1)26-9-11-27(12-10-26)33-37-32-14-8-24(5-4-16-40-17-19-41-20-18-40)21-30(32)34(38-33)36-29-13-15-31-28(22-29)23-35-39-31/h1-3,6-15,21-23H,4-5,16-20H2,(H,35,39)(H,36,37,38). The van der Waals surface area contributed by atoms with Crippen LogP contribution in [-0.2, 0) is 11.2 Å². The molecule has 7 heteroatoms. The van der Waals surface area contributed by atoms with Crippen molar-refractivity contribution >= 4 is 33.3 Å². The van der Waals surface area contributed by atoms with Crippen LogP contribution in [0.4, 0.5) is 11.5 Å².